The van der Waals surface area contributed by atoms with Gasteiger partial charge in [0.15, 0.2) is 0 Å². The minimum absolute atomic E-state index is 0.0863. The van der Waals surface area contributed by atoms with Gasteiger partial charge in [0.1, 0.15) is 0 Å². The first-order valence-corrected chi connectivity index (χ1v) is 7.58. The maximum absolute atomic E-state index is 12.9. The van der Waals surface area contributed by atoms with Crippen LogP contribution in [0.4, 0.5) is 0 Å². The molecule has 0 saturated heterocycles. The second kappa shape index (κ2) is 6.06. The molecule has 1 heterocycles. The molecule has 112 valence electrons. The Morgan fingerprint density at radius 2 is 1.73 bits per heavy atom. The number of para-hydroxylation sites is 1. The Morgan fingerprint density at radius 3 is 2.45 bits per heavy atom. The zero-order chi connectivity index (χ0) is 15.5. The molecule has 0 unspecified atom stereocenters. The lowest BCUT2D eigenvalue weighted by molar-refractivity contribution is 0.0754. The van der Waals surface area contributed by atoms with Crippen molar-refractivity contribution in [3.05, 3.63) is 71.9 Å². The number of carbonyl (C=O) groups excluding carboxylic acids is 1. The van der Waals surface area contributed by atoms with Gasteiger partial charge in [0.05, 0.1) is 5.56 Å². The van der Waals surface area contributed by atoms with Gasteiger partial charge in [0, 0.05) is 37.2 Å². The summed E-state index contributed by atoms with van der Waals surface area (Å²) in [5.74, 6) is 0.0863. The lowest BCUT2D eigenvalue weighted by Crippen LogP contribution is -2.30. The van der Waals surface area contributed by atoms with Crippen molar-refractivity contribution in [1.29, 1.82) is 0 Å². The van der Waals surface area contributed by atoms with Gasteiger partial charge in [-0.15, -0.1) is 0 Å². The highest BCUT2D eigenvalue weighted by Crippen LogP contribution is 2.22. The van der Waals surface area contributed by atoms with Gasteiger partial charge in [0.2, 0.25) is 0 Å². The van der Waals surface area contributed by atoms with E-state index in [9.17, 15) is 4.79 Å². The average Bonchev–Trinajstić information content (AvgIpc) is 2.90. The van der Waals surface area contributed by atoms with Crippen LogP contribution in [0.5, 0.6) is 0 Å². The van der Waals surface area contributed by atoms with Gasteiger partial charge in [0.25, 0.3) is 5.91 Å². The van der Waals surface area contributed by atoms with Crippen LogP contribution in [0.15, 0.2) is 60.8 Å². The molecule has 1 aromatic heterocycles. The zero-order valence-corrected chi connectivity index (χ0v) is 13.0. The van der Waals surface area contributed by atoms with Crippen molar-refractivity contribution in [2.24, 2.45) is 7.05 Å². The van der Waals surface area contributed by atoms with Gasteiger partial charge in [-0.3, -0.25) is 4.79 Å². The molecule has 3 rings (SSSR count). The lowest BCUT2D eigenvalue weighted by atomic mass is 10.1. The van der Waals surface area contributed by atoms with Gasteiger partial charge in [-0.25, -0.2) is 0 Å². The Balaban J connectivity index is 1.93. The van der Waals surface area contributed by atoms with E-state index in [1.54, 1.807) is 0 Å². The van der Waals surface area contributed by atoms with Crippen molar-refractivity contribution in [3.63, 3.8) is 0 Å². The van der Waals surface area contributed by atoms with Crippen LogP contribution in [0.1, 0.15) is 22.8 Å². The summed E-state index contributed by atoms with van der Waals surface area (Å²) in [6.45, 7) is 3.35. The van der Waals surface area contributed by atoms with E-state index in [0.717, 1.165) is 22.0 Å². The largest absolute Gasteiger partial charge is 0.350 e. The first-order valence-electron chi connectivity index (χ1n) is 7.58. The molecule has 2 aromatic carbocycles. The van der Waals surface area contributed by atoms with Gasteiger partial charge >= 0.3 is 0 Å². The van der Waals surface area contributed by atoms with E-state index in [0.29, 0.717) is 13.1 Å². The number of aromatic nitrogens is 1. The highest BCUT2D eigenvalue weighted by atomic mass is 16.2. The highest BCUT2D eigenvalue weighted by molar-refractivity contribution is 6.06. The number of aryl methyl sites for hydroxylation is 1. The molecular weight excluding hydrogens is 272 g/mol. The Labute approximate surface area is 130 Å². The molecule has 0 aliphatic heterocycles. The smallest absolute Gasteiger partial charge is 0.256 e. The molecule has 0 aliphatic carbocycles. The summed E-state index contributed by atoms with van der Waals surface area (Å²) >= 11 is 0. The molecule has 0 fully saturated rings. The number of carbonyl (C=O) groups is 1. The average molecular weight is 292 g/mol. The Morgan fingerprint density at radius 1 is 1.05 bits per heavy atom. The van der Waals surface area contributed by atoms with Crippen LogP contribution in [0.2, 0.25) is 0 Å². The first kappa shape index (κ1) is 14.4. The van der Waals surface area contributed by atoms with E-state index < -0.39 is 0 Å². The van der Waals surface area contributed by atoms with E-state index in [2.05, 4.69) is 12.1 Å². The SMILES string of the molecule is CCN(Cc1ccccc1)C(=O)c1cn(C)c2ccccc12. The van der Waals surface area contributed by atoms with Crippen LogP contribution in [0.3, 0.4) is 0 Å². The summed E-state index contributed by atoms with van der Waals surface area (Å²) in [6.07, 6.45) is 1.93. The summed E-state index contributed by atoms with van der Waals surface area (Å²) in [4.78, 5) is 14.8. The van der Waals surface area contributed by atoms with Crippen molar-refractivity contribution in [2.75, 3.05) is 6.54 Å². The van der Waals surface area contributed by atoms with E-state index >= 15 is 0 Å². The monoisotopic (exact) mass is 292 g/mol. The molecule has 0 bridgehead atoms. The Kier molecular flexibility index (Phi) is 3.96. The summed E-state index contributed by atoms with van der Waals surface area (Å²) in [7, 11) is 1.98. The maximum atomic E-state index is 12.9. The Hall–Kier alpha value is -2.55. The highest BCUT2D eigenvalue weighted by Gasteiger charge is 2.19. The molecule has 22 heavy (non-hydrogen) atoms. The molecule has 3 heteroatoms. The fraction of sp³-hybridized carbons (Fsp3) is 0.211. The molecule has 3 nitrogen and oxygen atoms in total. The van der Waals surface area contributed by atoms with Crippen molar-refractivity contribution in [3.8, 4) is 0 Å². The van der Waals surface area contributed by atoms with E-state index in [-0.39, 0.29) is 5.91 Å². The minimum Gasteiger partial charge on any atom is -0.350 e. The van der Waals surface area contributed by atoms with Crippen molar-refractivity contribution < 1.29 is 4.79 Å². The minimum atomic E-state index is 0.0863. The zero-order valence-electron chi connectivity index (χ0n) is 13.0. The third-order valence-electron chi connectivity index (χ3n) is 4.01. The molecular formula is C19H20N2O. The normalized spacial score (nSPS) is 10.8. The topological polar surface area (TPSA) is 25.2 Å². The van der Waals surface area contributed by atoms with Crippen LogP contribution < -0.4 is 0 Å². The summed E-state index contributed by atoms with van der Waals surface area (Å²) in [5, 5.41) is 1.02. The molecule has 0 atom stereocenters. The molecule has 1 amide bonds. The van der Waals surface area contributed by atoms with Crippen LogP contribution in [-0.2, 0) is 13.6 Å². The van der Waals surface area contributed by atoms with Gasteiger partial charge in [-0.05, 0) is 18.6 Å². The standard InChI is InChI=1S/C19H20N2O/c1-3-21(13-15-9-5-4-6-10-15)19(22)17-14-20(2)18-12-8-7-11-16(17)18/h4-12,14H,3,13H2,1-2H3. The fourth-order valence-corrected chi connectivity index (χ4v) is 2.81. The summed E-state index contributed by atoms with van der Waals surface area (Å²) < 4.78 is 2.01. The molecule has 0 spiro atoms. The number of benzene rings is 2. The van der Waals surface area contributed by atoms with Crippen LogP contribution >= 0.6 is 0 Å². The van der Waals surface area contributed by atoms with Crippen molar-refractivity contribution >= 4 is 16.8 Å². The van der Waals surface area contributed by atoms with Crippen LogP contribution in [0.25, 0.3) is 10.9 Å². The van der Waals surface area contributed by atoms with E-state index in [1.165, 1.54) is 0 Å². The molecule has 0 saturated carbocycles. The third kappa shape index (κ3) is 2.62. The Bertz CT molecular complexity index is 790. The van der Waals surface area contributed by atoms with Crippen LogP contribution in [0, 0.1) is 0 Å². The molecule has 0 radical (unpaired) electrons. The van der Waals surface area contributed by atoms with E-state index in [4.69, 9.17) is 0 Å². The number of fused-ring (bicyclic) bond motifs is 1. The molecule has 0 N–H and O–H groups in total. The number of hydrogen-bond donors (Lipinski definition) is 0. The summed E-state index contributed by atoms with van der Waals surface area (Å²) in [6, 6.07) is 18.1. The maximum Gasteiger partial charge on any atom is 0.256 e. The number of nitrogens with zero attached hydrogens (tertiary/aromatic N) is 2. The fourth-order valence-electron chi connectivity index (χ4n) is 2.81. The lowest BCUT2D eigenvalue weighted by Gasteiger charge is -2.20. The number of rotatable bonds is 4. The predicted octanol–water partition coefficient (Wildman–Crippen LogP) is 3.84. The third-order valence-corrected chi connectivity index (χ3v) is 4.01. The van der Waals surface area contributed by atoms with Gasteiger partial charge < -0.3 is 9.47 Å². The molecule has 0 aliphatic rings. The van der Waals surface area contributed by atoms with Gasteiger partial charge in [-0.1, -0.05) is 48.5 Å². The predicted molar refractivity (Wildman–Crippen MR) is 89.8 cm³/mol. The number of amides is 1. The van der Waals surface area contributed by atoms with Crippen molar-refractivity contribution in [1.82, 2.24) is 9.47 Å². The van der Waals surface area contributed by atoms with Crippen LogP contribution in [-0.4, -0.2) is 21.9 Å². The number of hydrogen-bond acceptors (Lipinski definition) is 1. The quantitative estimate of drug-likeness (QED) is 0.717. The molecule has 3 aromatic rings. The summed E-state index contributed by atoms with van der Waals surface area (Å²) in [5.41, 5.74) is 3.01. The van der Waals surface area contributed by atoms with E-state index in [1.807, 2.05) is 72.1 Å². The second-order valence-electron chi connectivity index (χ2n) is 5.48. The first-order chi connectivity index (χ1) is 10.7. The van der Waals surface area contributed by atoms with Gasteiger partial charge in [-0.2, -0.15) is 0 Å². The second-order valence-corrected chi connectivity index (χ2v) is 5.48. The van der Waals surface area contributed by atoms with Crippen molar-refractivity contribution in [2.45, 2.75) is 13.5 Å².